The smallest absolute Gasteiger partial charge is 0.251 e. The van der Waals surface area contributed by atoms with Gasteiger partial charge in [0.25, 0.3) is 5.91 Å². The number of carbonyl (C=O) groups is 2. The fourth-order valence-corrected chi connectivity index (χ4v) is 7.34. The number of hydrogen-bond donors (Lipinski definition) is 2. The van der Waals surface area contributed by atoms with Crippen molar-refractivity contribution in [3.63, 3.8) is 0 Å². The molecule has 44 heavy (non-hydrogen) atoms. The molecule has 3 aromatic carbocycles. The van der Waals surface area contributed by atoms with Gasteiger partial charge in [0.05, 0.1) is 22.9 Å². The van der Waals surface area contributed by atoms with Gasteiger partial charge >= 0.3 is 0 Å². The molecule has 1 aliphatic heterocycles. The molecule has 2 amide bonds. The second-order valence-electron chi connectivity index (χ2n) is 10.5. The molecule has 2 N–H and O–H groups in total. The Morgan fingerprint density at radius 3 is 2.43 bits per heavy atom. The zero-order valence-electron chi connectivity index (χ0n) is 24.4. The highest BCUT2D eigenvalue weighted by Gasteiger charge is 2.26. The summed E-state index contributed by atoms with van der Waals surface area (Å²) in [5, 5.41) is 15.3. The monoisotopic (exact) mass is 652 g/mol. The highest BCUT2D eigenvalue weighted by molar-refractivity contribution is 7.99. The van der Waals surface area contributed by atoms with Crippen molar-refractivity contribution in [3.8, 4) is 5.69 Å². The van der Waals surface area contributed by atoms with Crippen LogP contribution in [-0.4, -0.2) is 58.1 Å². The number of aromatic nitrogens is 3. The van der Waals surface area contributed by atoms with E-state index in [1.807, 2.05) is 38.1 Å². The fraction of sp³-hybridized carbons (Fsp3) is 0.290. The largest absolute Gasteiger partial charge is 0.345 e. The normalized spacial score (nSPS) is 13.9. The van der Waals surface area contributed by atoms with Gasteiger partial charge in [-0.3, -0.25) is 14.2 Å². The Labute approximate surface area is 266 Å². The maximum Gasteiger partial charge on any atom is 0.251 e. The number of carbonyl (C=O) groups excluding carboxylic acids is 2. The van der Waals surface area contributed by atoms with Crippen molar-refractivity contribution in [2.45, 2.75) is 49.7 Å². The number of amides is 2. The highest BCUT2D eigenvalue weighted by Crippen LogP contribution is 2.25. The molecule has 0 bridgehead atoms. The first-order valence-electron chi connectivity index (χ1n) is 14.2. The van der Waals surface area contributed by atoms with E-state index in [1.54, 1.807) is 22.8 Å². The molecule has 0 spiro atoms. The van der Waals surface area contributed by atoms with Gasteiger partial charge in [-0.1, -0.05) is 48.0 Å². The standard InChI is InChI=1S/C31H33ClN6O4S2/c1-21-9-10-22(2)27(17-21)34-29(39)20-43-31-36-35-28(38(31)25-8-6-7-24(32)18-25)19-33-30(40)23-11-13-26(14-12-23)44(41,42)37-15-4-3-5-16-37/h6-14,17-18H,3-5,15-16,19-20H2,1-2H3,(H,33,40)(H,34,39). The first-order chi connectivity index (χ1) is 21.1. The maximum absolute atomic E-state index is 13.0. The van der Waals surface area contributed by atoms with Crippen LogP contribution in [-0.2, 0) is 21.4 Å². The first kappa shape index (κ1) is 31.7. The van der Waals surface area contributed by atoms with Crippen LogP contribution in [0.5, 0.6) is 0 Å². The quantitative estimate of drug-likeness (QED) is 0.221. The highest BCUT2D eigenvalue weighted by atomic mass is 35.5. The first-order valence-corrected chi connectivity index (χ1v) is 17.0. The molecule has 1 fully saturated rings. The molecule has 0 atom stereocenters. The minimum absolute atomic E-state index is 0.0292. The van der Waals surface area contributed by atoms with Crippen LogP contribution in [0.15, 0.2) is 76.8 Å². The van der Waals surface area contributed by atoms with Crippen LogP contribution in [0.1, 0.15) is 46.6 Å². The molecule has 1 aromatic heterocycles. The van der Waals surface area contributed by atoms with Gasteiger partial charge in [0, 0.05) is 29.4 Å². The molecule has 10 nitrogen and oxygen atoms in total. The number of aryl methyl sites for hydroxylation is 2. The lowest BCUT2D eigenvalue weighted by atomic mass is 10.1. The summed E-state index contributed by atoms with van der Waals surface area (Å²) in [7, 11) is -3.59. The third kappa shape index (κ3) is 7.49. The average Bonchev–Trinajstić information content (AvgIpc) is 3.44. The second kappa shape index (κ2) is 13.9. The van der Waals surface area contributed by atoms with Gasteiger partial charge in [-0.05, 0) is 86.3 Å². The van der Waals surface area contributed by atoms with Gasteiger partial charge in [0.2, 0.25) is 15.9 Å². The van der Waals surface area contributed by atoms with Crippen LogP contribution in [0.4, 0.5) is 5.69 Å². The molecule has 0 aliphatic carbocycles. The van der Waals surface area contributed by atoms with Crippen molar-refractivity contribution in [1.82, 2.24) is 24.4 Å². The van der Waals surface area contributed by atoms with E-state index in [0.717, 1.165) is 36.1 Å². The van der Waals surface area contributed by atoms with Crippen molar-refractivity contribution in [2.75, 3.05) is 24.2 Å². The molecule has 5 rings (SSSR count). The van der Waals surface area contributed by atoms with E-state index in [1.165, 1.54) is 40.3 Å². The number of benzene rings is 3. The SMILES string of the molecule is Cc1ccc(C)c(NC(=O)CSc2nnc(CNC(=O)c3ccc(S(=O)(=O)N4CCCCC4)cc3)n2-c2cccc(Cl)c2)c1. The van der Waals surface area contributed by atoms with Crippen LogP contribution in [0, 0.1) is 13.8 Å². The van der Waals surface area contributed by atoms with Crippen LogP contribution >= 0.6 is 23.4 Å². The molecule has 230 valence electrons. The number of piperidine rings is 1. The van der Waals surface area contributed by atoms with Gasteiger partial charge in [-0.2, -0.15) is 4.31 Å². The summed E-state index contributed by atoms with van der Waals surface area (Å²) in [6.07, 6.45) is 2.72. The van der Waals surface area contributed by atoms with E-state index < -0.39 is 15.9 Å². The number of anilines is 1. The van der Waals surface area contributed by atoms with Gasteiger partial charge < -0.3 is 10.6 Å². The van der Waals surface area contributed by atoms with E-state index in [4.69, 9.17) is 11.6 Å². The Bertz CT molecular complexity index is 1770. The summed E-state index contributed by atoms with van der Waals surface area (Å²) in [6, 6.07) is 18.9. The average molecular weight is 653 g/mol. The molecule has 1 saturated heterocycles. The summed E-state index contributed by atoms with van der Waals surface area (Å²) >= 11 is 7.49. The van der Waals surface area contributed by atoms with Gasteiger partial charge in [0.15, 0.2) is 11.0 Å². The lowest BCUT2D eigenvalue weighted by Gasteiger charge is -2.25. The Hall–Kier alpha value is -3.71. The zero-order chi connectivity index (χ0) is 31.3. The van der Waals surface area contributed by atoms with E-state index in [2.05, 4.69) is 20.8 Å². The number of nitrogens with zero attached hydrogens (tertiary/aromatic N) is 4. The molecule has 0 saturated carbocycles. The molecule has 0 radical (unpaired) electrons. The Kier molecular flexibility index (Phi) is 10.0. The predicted octanol–water partition coefficient (Wildman–Crippen LogP) is 5.37. The Morgan fingerprint density at radius 1 is 0.955 bits per heavy atom. The van der Waals surface area contributed by atoms with Crippen molar-refractivity contribution in [3.05, 3.63) is 94.3 Å². The van der Waals surface area contributed by atoms with E-state index in [-0.39, 0.29) is 23.1 Å². The summed E-state index contributed by atoms with van der Waals surface area (Å²) in [5.74, 6) is -0.0625. The summed E-state index contributed by atoms with van der Waals surface area (Å²) in [4.78, 5) is 26.0. The summed E-state index contributed by atoms with van der Waals surface area (Å²) in [5.41, 5.74) is 3.76. The van der Waals surface area contributed by atoms with Crippen LogP contribution < -0.4 is 10.6 Å². The van der Waals surface area contributed by atoms with Gasteiger partial charge in [-0.15, -0.1) is 10.2 Å². The minimum atomic E-state index is -3.59. The summed E-state index contributed by atoms with van der Waals surface area (Å²) in [6.45, 7) is 4.95. The van der Waals surface area contributed by atoms with Crippen molar-refractivity contribution in [2.24, 2.45) is 0 Å². The van der Waals surface area contributed by atoms with Crippen molar-refractivity contribution in [1.29, 1.82) is 0 Å². The second-order valence-corrected chi connectivity index (χ2v) is 13.9. The van der Waals surface area contributed by atoms with Crippen molar-refractivity contribution >= 4 is 50.9 Å². The molecule has 1 aliphatic rings. The van der Waals surface area contributed by atoms with E-state index in [0.29, 0.717) is 40.3 Å². The van der Waals surface area contributed by atoms with Gasteiger partial charge in [0.1, 0.15) is 0 Å². The van der Waals surface area contributed by atoms with Crippen LogP contribution in [0.2, 0.25) is 5.02 Å². The van der Waals surface area contributed by atoms with Crippen molar-refractivity contribution < 1.29 is 18.0 Å². The van der Waals surface area contributed by atoms with Crippen LogP contribution in [0.25, 0.3) is 5.69 Å². The van der Waals surface area contributed by atoms with E-state index in [9.17, 15) is 18.0 Å². The number of thioether (sulfide) groups is 1. The maximum atomic E-state index is 13.0. The lowest BCUT2D eigenvalue weighted by molar-refractivity contribution is -0.113. The predicted molar refractivity (Wildman–Crippen MR) is 172 cm³/mol. The fourth-order valence-electron chi connectivity index (χ4n) is 4.86. The molecular formula is C31H33ClN6O4S2. The topological polar surface area (TPSA) is 126 Å². The lowest BCUT2D eigenvalue weighted by Crippen LogP contribution is -2.35. The third-order valence-electron chi connectivity index (χ3n) is 7.24. The Balaban J connectivity index is 1.28. The minimum Gasteiger partial charge on any atom is -0.345 e. The van der Waals surface area contributed by atoms with E-state index >= 15 is 0 Å². The number of halogens is 1. The van der Waals surface area contributed by atoms with Crippen LogP contribution in [0.3, 0.4) is 0 Å². The zero-order valence-corrected chi connectivity index (χ0v) is 26.8. The number of nitrogens with one attached hydrogen (secondary N) is 2. The molecule has 0 unspecified atom stereocenters. The number of sulfonamides is 1. The summed E-state index contributed by atoms with van der Waals surface area (Å²) < 4.78 is 29.2. The molecule has 13 heteroatoms. The number of hydrogen-bond acceptors (Lipinski definition) is 7. The number of rotatable bonds is 10. The third-order valence-corrected chi connectivity index (χ3v) is 10.3. The molecular weight excluding hydrogens is 620 g/mol. The molecule has 4 aromatic rings. The molecule has 2 heterocycles. The Morgan fingerprint density at radius 2 is 1.70 bits per heavy atom. The van der Waals surface area contributed by atoms with Gasteiger partial charge in [-0.25, -0.2) is 8.42 Å².